The Hall–Kier alpha value is -4.65. The maximum absolute atomic E-state index is 14.0. The Kier molecular flexibility index (Phi) is 9.63. The summed E-state index contributed by atoms with van der Waals surface area (Å²) in [6.07, 6.45) is 3.93. The average Bonchev–Trinajstić information content (AvgIpc) is 2.98. The number of amides is 4. The molecule has 0 aliphatic carbocycles. The molecule has 0 unspecified atom stereocenters. The summed E-state index contributed by atoms with van der Waals surface area (Å²) in [6.45, 7) is 4.29. The van der Waals surface area contributed by atoms with E-state index in [0.717, 1.165) is 18.2 Å². The lowest BCUT2D eigenvalue weighted by Crippen LogP contribution is -2.48. The van der Waals surface area contributed by atoms with Crippen LogP contribution in [0.4, 0.5) is 25.0 Å². The third-order valence-electron chi connectivity index (χ3n) is 6.92. The molecule has 0 saturated heterocycles. The summed E-state index contributed by atoms with van der Waals surface area (Å²) in [5.74, 6) is -2.19. The number of anilines is 2. The standard InChI is InChI=1S/C29H32F2N6O5/c1-17-14-37(28(39)24-13-32-9-10-33-24)18(2)16-42-25-12-20(6-7-21(25)27(38)36(3)15-26(17)41-4)34-29(40)35-23-11-19(30)5-8-22(23)31/h5-13,17-18,26H,14-16H2,1-4H3,(H2,34,35,40)/t17-,18-,26-/m1/s1. The Labute approximate surface area is 241 Å². The van der Waals surface area contributed by atoms with Gasteiger partial charge in [-0.3, -0.25) is 14.6 Å². The fourth-order valence-electron chi connectivity index (χ4n) is 4.57. The van der Waals surface area contributed by atoms with Gasteiger partial charge in [-0.1, -0.05) is 6.92 Å². The number of nitrogens with zero attached hydrogens (tertiary/aromatic N) is 4. The van der Waals surface area contributed by atoms with Crippen molar-refractivity contribution in [2.24, 2.45) is 5.92 Å². The van der Waals surface area contributed by atoms with Crippen molar-refractivity contribution in [1.82, 2.24) is 19.8 Å². The zero-order valence-electron chi connectivity index (χ0n) is 23.6. The maximum atomic E-state index is 14.0. The highest BCUT2D eigenvalue weighted by molar-refractivity contribution is 6.01. The van der Waals surface area contributed by atoms with Gasteiger partial charge < -0.3 is 29.9 Å². The Bertz CT molecular complexity index is 1440. The van der Waals surface area contributed by atoms with Crippen molar-refractivity contribution in [3.05, 3.63) is 77.9 Å². The second-order valence-corrected chi connectivity index (χ2v) is 10.1. The number of ether oxygens (including phenoxy) is 2. The molecule has 1 aliphatic heterocycles. The van der Waals surface area contributed by atoms with E-state index in [1.54, 1.807) is 19.1 Å². The minimum absolute atomic E-state index is 0.00448. The predicted molar refractivity (Wildman–Crippen MR) is 150 cm³/mol. The fourth-order valence-corrected chi connectivity index (χ4v) is 4.57. The molecule has 0 radical (unpaired) electrons. The Morgan fingerprint density at radius 2 is 1.86 bits per heavy atom. The first-order chi connectivity index (χ1) is 20.1. The van der Waals surface area contributed by atoms with Crippen LogP contribution in [0.15, 0.2) is 55.0 Å². The van der Waals surface area contributed by atoms with E-state index in [1.165, 1.54) is 41.7 Å². The topological polar surface area (TPSA) is 126 Å². The van der Waals surface area contributed by atoms with Crippen molar-refractivity contribution in [3.63, 3.8) is 0 Å². The number of urea groups is 1. The molecule has 4 rings (SSSR count). The number of hydrogen-bond donors (Lipinski definition) is 2. The molecule has 13 heteroatoms. The number of likely N-dealkylation sites (N-methyl/N-ethyl adjacent to an activating group) is 1. The van der Waals surface area contributed by atoms with E-state index in [-0.39, 0.29) is 65.4 Å². The van der Waals surface area contributed by atoms with E-state index in [2.05, 4.69) is 20.6 Å². The Morgan fingerprint density at radius 1 is 1.07 bits per heavy atom. The lowest BCUT2D eigenvalue weighted by Gasteiger charge is -2.35. The third kappa shape index (κ3) is 7.16. The number of rotatable bonds is 4. The van der Waals surface area contributed by atoms with Crippen LogP contribution in [-0.2, 0) is 4.74 Å². The van der Waals surface area contributed by atoms with Crippen LogP contribution in [0.1, 0.15) is 34.7 Å². The summed E-state index contributed by atoms with van der Waals surface area (Å²) in [7, 11) is 3.19. The molecule has 222 valence electrons. The van der Waals surface area contributed by atoms with Gasteiger partial charge in [-0.15, -0.1) is 0 Å². The van der Waals surface area contributed by atoms with Crippen LogP contribution in [0.25, 0.3) is 0 Å². The van der Waals surface area contributed by atoms with Crippen LogP contribution in [-0.4, -0.2) is 83.6 Å². The first-order valence-electron chi connectivity index (χ1n) is 13.2. The van der Waals surface area contributed by atoms with Crippen LogP contribution in [0.3, 0.4) is 0 Å². The van der Waals surface area contributed by atoms with E-state index in [1.807, 2.05) is 13.8 Å². The lowest BCUT2D eigenvalue weighted by molar-refractivity contribution is 0.0109. The molecule has 0 spiro atoms. The minimum atomic E-state index is -0.831. The Morgan fingerprint density at radius 3 is 2.57 bits per heavy atom. The number of benzene rings is 2. The SMILES string of the molecule is CO[C@@H]1CN(C)C(=O)c2ccc(NC(=O)Nc3cc(F)ccc3F)cc2OC[C@@H](C)N(C(=O)c2cnccn2)C[C@H]1C. The zero-order chi connectivity index (χ0) is 30.4. The van der Waals surface area contributed by atoms with Crippen LogP contribution in [0.5, 0.6) is 5.75 Å². The second kappa shape index (κ2) is 13.3. The number of aromatic nitrogens is 2. The highest BCUT2D eigenvalue weighted by Gasteiger charge is 2.31. The van der Waals surface area contributed by atoms with Crippen molar-refractivity contribution in [3.8, 4) is 5.75 Å². The van der Waals surface area contributed by atoms with Gasteiger partial charge in [0.05, 0.1) is 29.6 Å². The van der Waals surface area contributed by atoms with E-state index < -0.39 is 23.7 Å². The van der Waals surface area contributed by atoms with Crippen molar-refractivity contribution in [1.29, 1.82) is 0 Å². The molecule has 3 atom stereocenters. The molecule has 3 aromatic rings. The highest BCUT2D eigenvalue weighted by Crippen LogP contribution is 2.27. The molecule has 4 amide bonds. The number of halogens is 2. The number of hydrogen-bond acceptors (Lipinski definition) is 7. The highest BCUT2D eigenvalue weighted by atomic mass is 19.1. The van der Waals surface area contributed by atoms with Gasteiger partial charge >= 0.3 is 6.03 Å². The maximum Gasteiger partial charge on any atom is 0.323 e. The first kappa shape index (κ1) is 30.3. The molecule has 1 aliphatic rings. The summed E-state index contributed by atoms with van der Waals surface area (Å²) in [5.41, 5.74) is 0.295. The molecular weight excluding hydrogens is 550 g/mol. The van der Waals surface area contributed by atoms with Crippen LogP contribution < -0.4 is 15.4 Å². The predicted octanol–water partition coefficient (Wildman–Crippen LogP) is 4.05. The molecule has 42 heavy (non-hydrogen) atoms. The minimum Gasteiger partial charge on any atom is -0.491 e. The summed E-state index contributed by atoms with van der Waals surface area (Å²) < 4.78 is 39.3. The summed E-state index contributed by atoms with van der Waals surface area (Å²) >= 11 is 0. The van der Waals surface area contributed by atoms with Crippen molar-refractivity contribution < 1.29 is 32.6 Å². The first-order valence-corrected chi connectivity index (χ1v) is 13.2. The number of carbonyl (C=O) groups is 3. The van der Waals surface area contributed by atoms with Gasteiger partial charge in [-0.2, -0.15) is 0 Å². The van der Waals surface area contributed by atoms with Crippen LogP contribution in [0, 0.1) is 17.6 Å². The molecule has 1 aromatic heterocycles. The van der Waals surface area contributed by atoms with Crippen molar-refractivity contribution in [2.75, 3.05) is 44.5 Å². The van der Waals surface area contributed by atoms with Gasteiger partial charge in [0.2, 0.25) is 0 Å². The average molecular weight is 583 g/mol. The lowest BCUT2D eigenvalue weighted by atomic mass is 10.0. The largest absolute Gasteiger partial charge is 0.491 e. The molecule has 0 bridgehead atoms. The quantitative estimate of drug-likeness (QED) is 0.476. The third-order valence-corrected chi connectivity index (χ3v) is 6.92. The number of carbonyl (C=O) groups excluding carboxylic acids is 3. The smallest absolute Gasteiger partial charge is 0.323 e. The normalized spacial score (nSPS) is 19.6. The van der Waals surface area contributed by atoms with Crippen LogP contribution >= 0.6 is 0 Å². The molecule has 11 nitrogen and oxygen atoms in total. The molecule has 0 saturated carbocycles. The van der Waals surface area contributed by atoms with Gasteiger partial charge in [0.1, 0.15) is 29.7 Å². The second-order valence-electron chi connectivity index (χ2n) is 10.1. The van der Waals surface area contributed by atoms with E-state index in [9.17, 15) is 23.2 Å². The molecular formula is C29H32F2N6O5. The molecule has 2 heterocycles. The van der Waals surface area contributed by atoms with Crippen molar-refractivity contribution in [2.45, 2.75) is 26.0 Å². The van der Waals surface area contributed by atoms with Gasteiger partial charge in [-0.05, 0) is 31.2 Å². The Balaban J connectivity index is 1.62. The summed E-state index contributed by atoms with van der Waals surface area (Å²) in [4.78, 5) is 50.7. The van der Waals surface area contributed by atoms with E-state index in [4.69, 9.17) is 9.47 Å². The zero-order valence-corrected chi connectivity index (χ0v) is 23.6. The van der Waals surface area contributed by atoms with Gasteiger partial charge in [0.25, 0.3) is 11.8 Å². The summed E-state index contributed by atoms with van der Waals surface area (Å²) in [5, 5.41) is 4.79. The van der Waals surface area contributed by atoms with E-state index in [0.29, 0.717) is 6.54 Å². The van der Waals surface area contributed by atoms with Gasteiger partial charge in [0, 0.05) is 63.4 Å². The van der Waals surface area contributed by atoms with Crippen molar-refractivity contribution >= 4 is 29.2 Å². The van der Waals surface area contributed by atoms with Crippen LogP contribution in [0.2, 0.25) is 0 Å². The van der Waals surface area contributed by atoms with E-state index >= 15 is 0 Å². The summed E-state index contributed by atoms with van der Waals surface area (Å²) in [6, 6.07) is 5.84. The monoisotopic (exact) mass is 582 g/mol. The molecule has 0 fully saturated rings. The van der Waals surface area contributed by atoms with Gasteiger partial charge in [0.15, 0.2) is 0 Å². The molecule has 2 aromatic carbocycles. The number of methoxy groups -OCH3 is 1. The van der Waals surface area contributed by atoms with Gasteiger partial charge in [-0.25, -0.2) is 18.6 Å². The number of nitrogens with one attached hydrogen (secondary N) is 2. The fraction of sp³-hybridized carbons (Fsp3) is 0.345. The molecule has 2 N–H and O–H groups in total. The number of fused-ring (bicyclic) bond motifs is 1.